The van der Waals surface area contributed by atoms with Crippen LogP contribution >= 0.6 is 11.6 Å². The first kappa shape index (κ1) is 24.5. The van der Waals surface area contributed by atoms with Crippen molar-refractivity contribution in [2.45, 2.75) is 25.4 Å². The Bertz CT molecular complexity index is 1110. The number of anilines is 1. The summed E-state index contributed by atoms with van der Waals surface area (Å²) in [6, 6.07) is 13.4. The first-order valence-corrected chi connectivity index (χ1v) is 10.6. The molecule has 0 spiro atoms. The largest absolute Gasteiger partial charge is 0.490 e. The third-order valence-electron chi connectivity index (χ3n) is 5.09. The third-order valence-corrected chi connectivity index (χ3v) is 5.40. The Morgan fingerprint density at radius 2 is 1.88 bits per heavy atom. The zero-order valence-electron chi connectivity index (χ0n) is 17.4. The van der Waals surface area contributed by atoms with E-state index in [1.165, 1.54) is 6.42 Å². The van der Waals surface area contributed by atoms with E-state index < -0.39 is 12.1 Å². The number of hydrogen-bond acceptors (Lipinski definition) is 4. The van der Waals surface area contributed by atoms with E-state index in [-0.39, 0.29) is 5.91 Å². The van der Waals surface area contributed by atoms with Gasteiger partial charge in [0.05, 0.1) is 10.5 Å². The molecule has 0 bridgehead atoms. The van der Waals surface area contributed by atoms with Crippen molar-refractivity contribution in [3.63, 3.8) is 0 Å². The van der Waals surface area contributed by atoms with Gasteiger partial charge in [0, 0.05) is 17.7 Å². The molecule has 4 rings (SSSR count). The van der Waals surface area contributed by atoms with Crippen molar-refractivity contribution in [2.24, 2.45) is 5.92 Å². The summed E-state index contributed by atoms with van der Waals surface area (Å²) in [6.45, 7) is 2.10. The molecule has 0 radical (unpaired) electrons. The number of nitrogens with one attached hydrogen (secondary N) is 3. The second kappa shape index (κ2) is 10.7. The second-order valence-corrected chi connectivity index (χ2v) is 7.95. The van der Waals surface area contributed by atoms with E-state index in [0.717, 1.165) is 47.6 Å². The Kier molecular flexibility index (Phi) is 7.93. The number of rotatable bonds is 5. The number of amides is 1. The normalized spacial score (nSPS) is 15.7. The molecule has 1 aliphatic heterocycles. The molecule has 1 fully saturated rings. The molecule has 1 saturated heterocycles. The smallest absolute Gasteiger partial charge is 0.475 e. The fourth-order valence-electron chi connectivity index (χ4n) is 3.36. The highest BCUT2D eigenvalue weighted by atomic mass is 35.5. The Morgan fingerprint density at radius 3 is 2.45 bits per heavy atom. The molecule has 0 saturated carbocycles. The van der Waals surface area contributed by atoms with Crippen LogP contribution in [0, 0.1) is 5.92 Å². The van der Waals surface area contributed by atoms with E-state index in [0.29, 0.717) is 17.4 Å². The molecule has 1 amide bonds. The summed E-state index contributed by atoms with van der Waals surface area (Å²) in [5, 5.41) is 14.1. The number of halogens is 4. The molecule has 0 aliphatic carbocycles. The van der Waals surface area contributed by atoms with Crippen molar-refractivity contribution < 1.29 is 27.9 Å². The molecule has 33 heavy (non-hydrogen) atoms. The van der Waals surface area contributed by atoms with Crippen LogP contribution in [-0.2, 0) is 9.59 Å². The number of carbonyl (C=O) groups is 2. The predicted octanol–water partition coefficient (Wildman–Crippen LogP) is 4.84. The van der Waals surface area contributed by atoms with E-state index >= 15 is 0 Å². The molecule has 2 aromatic carbocycles. The minimum absolute atomic E-state index is 0.0696. The standard InChI is InChI=1S/C20H21ClN4O.C2HF3O2/c21-16-2-1-3-17-19(16)25-20(24-17)14-5-7-15(8-6-14)23-18(26)9-4-13-10-11-22-12-13;3-2(4,5)1(6)7/h1-3,5-8,13,22H,4,9-12H2,(H,23,26)(H,24,25);(H,6,7). The predicted molar refractivity (Wildman–Crippen MR) is 119 cm³/mol. The maximum absolute atomic E-state index is 12.1. The lowest BCUT2D eigenvalue weighted by Gasteiger charge is -2.09. The van der Waals surface area contributed by atoms with Gasteiger partial charge >= 0.3 is 12.1 Å². The number of H-pyrrole nitrogens is 1. The zero-order valence-corrected chi connectivity index (χ0v) is 18.1. The molecule has 4 N–H and O–H groups in total. The highest BCUT2D eigenvalue weighted by molar-refractivity contribution is 6.35. The molecule has 7 nitrogen and oxygen atoms in total. The number of aromatic nitrogens is 2. The topological polar surface area (TPSA) is 107 Å². The van der Waals surface area contributed by atoms with Crippen LogP contribution in [-0.4, -0.2) is 46.2 Å². The van der Waals surface area contributed by atoms with E-state index in [4.69, 9.17) is 21.5 Å². The van der Waals surface area contributed by atoms with E-state index in [1.807, 2.05) is 42.5 Å². The number of para-hydroxylation sites is 1. The summed E-state index contributed by atoms with van der Waals surface area (Å²) < 4.78 is 31.7. The lowest BCUT2D eigenvalue weighted by atomic mass is 10.0. The van der Waals surface area contributed by atoms with E-state index in [1.54, 1.807) is 0 Å². The Hall–Kier alpha value is -3.11. The van der Waals surface area contributed by atoms with E-state index in [2.05, 4.69) is 20.6 Å². The van der Waals surface area contributed by atoms with Gasteiger partial charge in [0.1, 0.15) is 11.3 Å². The van der Waals surface area contributed by atoms with Crippen LogP contribution in [0.5, 0.6) is 0 Å². The van der Waals surface area contributed by atoms with Gasteiger partial charge in [-0.1, -0.05) is 17.7 Å². The number of alkyl halides is 3. The maximum Gasteiger partial charge on any atom is 0.490 e. The van der Waals surface area contributed by atoms with Gasteiger partial charge in [-0.3, -0.25) is 4.79 Å². The number of carboxylic acid groups (broad SMARTS) is 1. The number of imidazole rings is 1. The SMILES string of the molecule is O=C(CCC1CCNC1)Nc1ccc(-c2nc3c(Cl)cccc3[nH]2)cc1.O=C(O)C(F)(F)F. The summed E-state index contributed by atoms with van der Waals surface area (Å²) in [6.07, 6.45) is -2.41. The van der Waals surface area contributed by atoms with Gasteiger partial charge in [0.15, 0.2) is 0 Å². The number of aliphatic carboxylic acids is 1. The lowest BCUT2D eigenvalue weighted by Crippen LogP contribution is -2.21. The number of hydrogen-bond donors (Lipinski definition) is 4. The molecule has 2 heterocycles. The van der Waals surface area contributed by atoms with Gasteiger partial charge in [-0.15, -0.1) is 0 Å². The van der Waals surface area contributed by atoms with Crippen LogP contribution in [0.4, 0.5) is 18.9 Å². The fraction of sp³-hybridized carbons (Fsp3) is 0.318. The summed E-state index contributed by atoms with van der Waals surface area (Å²) in [4.78, 5) is 28.9. The quantitative estimate of drug-likeness (QED) is 0.416. The van der Waals surface area contributed by atoms with Crippen molar-refractivity contribution in [3.8, 4) is 11.4 Å². The van der Waals surface area contributed by atoms with Crippen molar-refractivity contribution in [2.75, 3.05) is 18.4 Å². The van der Waals surface area contributed by atoms with Gasteiger partial charge in [0.2, 0.25) is 5.91 Å². The van der Waals surface area contributed by atoms with Gasteiger partial charge < -0.3 is 20.7 Å². The van der Waals surface area contributed by atoms with Crippen molar-refractivity contribution >= 4 is 40.2 Å². The van der Waals surface area contributed by atoms with Gasteiger partial charge in [-0.25, -0.2) is 9.78 Å². The highest BCUT2D eigenvalue weighted by Gasteiger charge is 2.38. The molecule has 3 aromatic rings. The number of aromatic amines is 1. The summed E-state index contributed by atoms with van der Waals surface area (Å²) in [7, 11) is 0. The molecule has 1 aliphatic rings. The minimum Gasteiger partial charge on any atom is -0.475 e. The molecule has 1 atom stereocenters. The van der Waals surface area contributed by atoms with E-state index in [9.17, 15) is 18.0 Å². The molecule has 11 heteroatoms. The van der Waals surface area contributed by atoms with Gasteiger partial charge in [0.25, 0.3) is 0 Å². The molecular formula is C22H22ClF3N4O3. The van der Waals surface area contributed by atoms with Crippen LogP contribution in [0.2, 0.25) is 5.02 Å². The molecule has 1 unspecified atom stereocenters. The Balaban J connectivity index is 0.000000383. The third kappa shape index (κ3) is 6.93. The molecule has 1 aromatic heterocycles. The monoisotopic (exact) mass is 482 g/mol. The van der Waals surface area contributed by atoms with Crippen LogP contribution < -0.4 is 10.6 Å². The number of fused-ring (bicyclic) bond motifs is 1. The summed E-state index contributed by atoms with van der Waals surface area (Å²) in [5.74, 6) is -1.30. The lowest BCUT2D eigenvalue weighted by molar-refractivity contribution is -0.192. The van der Waals surface area contributed by atoms with Crippen molar-refractivity contribution in [1.82, 2.24) is 15.3 Å². The van der Waals surface area contributed by atoms with Crippen LogP contribution in [0.15, 0.2) is 42.5 Å². The average molecular weight is 483 g/mol. The maximum atomic E-state index is 12.1. The highest BCUT2D eigenvalue weighted by Crippen LogP contribution is 2.26. The summed E-state index contributed by atoms with van der Waals surface area (Å²) >= 11 is 6.18. The zero-order chi connectivity index (χ0) is 24.0. The van der Waals surface area contributed by atoms with Crippen molar-refractivity contribution in [3.05, 3.63) is 47.5 Å². The van der Waals surface area contributed by atoms with Crippen molar-refractivity contribution in [1.29, 1.82) is 0 Å². The van der Waals surface area contributed by atoms with Gasteiger partial charge in [-0.2, -0.15) is 13.2 Å². The van der Waals surface area contributed by atoms with Crippen LogP contribution in [0.1, 0.15) is 19.3 Å². The Labute approximate surface area is 192 Å². The number of nitrogens with zero attached hydrogens (tertiary/aromatic N) is 1. The second-order valence-electron chi connectivity index (χ2n) is 7.55. The summed E-state index contributed by atoms with van der Waals surface area (Å²) in [5.41, 5.74) is 3.43. The average Bonchev–Trinajstić information content (AvgIpc) is 3.43. The number of benzene rings is 2. The number of carboxylic acids is 1. The Morgan fingerprint density at radius 1 is 1.18 bits per heavy atom. The molecule has 176 valence electrons. The minimum atomic E-state index is -5.08. The number of carbonyl (C=O) groups excluding carboxylic acids is 1. The molecular weight excluding hydrogens is 461 g/mol. The van der Waals surface area contributed by atoms with Crippen LogP contribution in [0.3, 0.4) is 0 Å². The van der Waals surface area contributed by atoms with Crippen LogP contribution in [0.25, 0.3) is 22.4 Å². The first-order valence-electron chi connectivity index (χ1n) is 10.2. The first-order chi connectivity index (χ1) is 15.6. The van der Waals surface area contributed by atoms with Gasteiger partial charge in [-0.05, 0) is 68.2 Å². The fourth-order valence-corrected chi connectivity index (χ4v) is 3.58.